The number of nitrogens with zero attached hydrogens (tertiary/aromatic N) is 2. The number of hydrogen-bond acceptors (Lipinski definition) is 4. The number of benzene rings is 2. The zero-order valence-electron chi connectivity index (χ0n) is 16.9. The lowest BCUT2D eigenvalue weighted by Crippen LogP contribution is -2.30. The molecule has 2 N–H and O–H groups in total. The first-order chi connectivity index (χ1) is 14.7. The van der Waals surface area contributed by atoms with Gasteiger partial charge in [-0.2, -0.15) is 0 Å². The van der Waals surface area contributed by atoms with Gasteiger partial charge < -0.3 is 20.0 Å². The Balaban J connectivity index is 1.80. The van der Waals surface area contributed by atoms with E-state index in [0.29, 0.717) is 49.9 Å². The summed E-state index contributed by atoms with van der Waals surface area (Å²) in [6, 6.07) is 15.2. The Morgan fingerprint density at radius 3 is 1.40 bits per heavy atom. The number of carbonyl (C=O) groups excluding carboxylic acids is 2. The molecule has 6 nitrogen and oxygen atoms in total. The van der Waals surface area contributed by atoms with E-state index in [1.54, 1.807) is 9.80 Å². The molecule has 0 unspecified atom stereocenters. The second-order valence-electron chi connectivity index (χ2n) is 7.56. The van der Waals surface area contributed by atoms with Gasteiger partial charge in [-0.05, 0) is 37.8 Å². The molecule has 2 heterocycles. The highest BCUT2D eigenvalue weighted by atomic mass is 16.3. The van der Waals surface area contributed by atoms with Crippen LogP contribution in [0.1, 0.15) is 36.8 Å². The number of carbonyl (C=O) groups is 2. The third kappa shape index (κ3) is 3.42. The van der Waals surface area contributed by atoms with Crippen LogP contribution in [-0.2, 0) is 9.59 Å². The molecule has 0 aromatic heterocycles. The molecule has 0 saturated carbocycles. The first-order valence-electron chi connectivity index (χ1n) is 10.5. The Morgan fingerprint density at radius 2 is 1.00 bits per heavy atom. The van der Waals surface area contributed by atoms with E-state index >= 15 is 0 Å². The molecule has 2 aromatic carbocycles. The van der Waals surface area contributed by atoms with Crippen LogP contribution in [0.25, 0.3) is 11.1 Å². The molecule has 0 saturated heterocycles. The summed E-state index contributed by atoms with van der Waals surface area (Å²) < 4.78 is 0. The Kier molecular flexibility index (Phi) is 5.97. The van der Waals surface area contributed by atoms with Crippen molar-refractivity contribution in [3.63, 3.8) is 0 Å². The number of para-hydroxylation sites is 2. The average Bonchev–Trinajstić information content (AvgIpc) is 3.19. The van der Waals surface area contributed by atoms with Gasteiger partial charge in [0.05, 0.1) is 22.5 Å². The van der Waals surface area contributed by atoms with Crippen molar-refractivity contribution in [2.24, 2.45) is 0 Å². The van der Waals surface area contributed by atoms with Gasteiger partial charge in [-0.3, -0.25) is 9.59 Å². The van der Waals surface area contributed by atoms with Gasteiger partial charge in [0.15, 0.2) is 0 Å². The molecule has 2 amide bonds. The fourth-order valence-electron chi connectivity index (χ4n) is 4.25. The van der Waals surface area contributed by atoms with Gasteiger partial charge in [0.25, 0.3) is 11.8 Å². The minimum atomic E-state index is -0.162. The van der Waals surface area contributed by atoms with E-state index in [1.165, 1.54) is 0 Å². The highest BCUT2D eigenvalue weighted by Crippen LogP contribution is 2.46. The smallest absolute Gasteiger partial charge is 0.259 e. The number of amides is 2. The summed E-state index contributed by atoms with van der Waals surface area (Å²) in [5, 5.41) is 18.2. The maximum Gasteiger partial charge on any atom is 0.259 e. The molecular formula is C24H26N2O4. The van der Waals surface area contributed by atoms with Crippen molar-refractivity contribution in [3.8, 4) is 0 Å². The molecule has 0 bridgehead atoms. The minimum absolute atomic E-state index is 0.0896. The summed E-state index contributed by atoms with van der Waals surface area (Å²) in [6.45, 7) is 1.19. The Hall–Kier alpha value is -2.96. The van der Waals surface area contributed by atoms with E-state index in [-0.39, 0.29) is 25.0 Å². The maximum atomic E-state index is 13.5. The van der Waals surface area contributed by atoms with Gasteiger partial charge in [0.2, 0.25) is 0 Å². The van der Waals surface area contributed by atoms with E-state index in [2.05, 4.69) is 0 Å². The first kappa shape index (κ1) is 20.3. The summed E-state index contributed by atoms with van der Waals surface area (Å²) in [5.74, 6) is -0.325. The van der Waals surface area contributed by atoms with Crippen molar-refractivity contribution in [1.29, 1.82) is 0 Å². The quantitative estimate of drug-likeness (QED) is 0.522. The van der Waals surface area contributed by atoms with E-state index in [0.717, 1.165) is 22.5 Å². The van der Waals surface area contributed by atoms with Crippen molar-refractivity contribution in [1.82, 2.24) is 0 Å². The molecule has 4 rings (SSSR count). The molecule has 0 spiro atoms. The number of hydrogen-bond donors (Lipinski definition) is 2. The van der Waals surface area contributed by atoms with Crippen LogP contribution in [0.15, 0.2) is 48.5 Å². The molecule has 30 heavy (non-hydrogen) atoms. The molecule has 0 atom stereocenters. The van der Waals surface area contributed by atoms with E-state index < -0.39 is 0 Å². The molecule has 2 aliphatic heterocycles. The Bertz CT molecular complexity index is 919. The predicted octanol–water partition coefficient (Wildman–Crippen LogP) is 2.84. The Labute approximate surface area is 176 Å². The van der Waals surface area contributed by atoms with Crippen LogP contribution in [0.2, 0.25) is 0 Å². The van der Waals surface area contributed by atoms with Gasteiger partial charge in [-0.25, -0.2) is 0 Å². The van der Waals surface area contributed by atoms with Crippen LogP contribution in [0.5, 0.6) is 0 Å². The topological polar surface area (TPSA) is 81.1 Å². The number of aliphatic hydroxyl groups is 2. The van der Waals surface area contributed by atoms with Gasteiger partial charge in [-0.15, -0.1) is 0 Å². The number of rotatable bonds is 8. The van der Waals surface area contributed by atoms with Gasteiger partial charge in [-0.1, -0.05) is 36.4 Å². The third-order valence-electron chi connectivity index (χ3n) is 5.68. The van der Waals surface area contributed by atoms with Crippen LogP contribution in [-0.4, -0.2) is 48.3 Å². The lowest BCUT2D eigenvalue weighted by Gasteiger charge is -2.17. The van der Waals surface area contributed by atoms with Crippen LogP contribution < -0.4 is 9.80 Å². The van der Waals surface area contributed by atoms with Gasteiger partial charge >= 0.3 is 0 Å². The third-order valence-corrected chi connectivity index (χ3v) is 5.68. The van der Waals surface area contributed by atoms with Crippen molar-refractivity contribution < 1.29 is 19.8 Å². The van der Waals surface area contributed by atoms with Gasteiger partial charge in [0.1, 0.15) is 0 Å². The van der Waals surface area contributed by atoms with Crippen LogP contribution in [0, 0.1) is 0 Å². The number of aliphatic hydroxyl groups excluding tert-OH is 2. The molecular weight excluding hydrogens is 380 g/mol. The SMILES string of the molecule is O=C1/C(=C2/C(=O)N(CCCCO)c3ccccc32)c2ccccc2N1CCCCO. The van der Waals surface area contributed by atoms with E-state index in [1.807, 2.05) is 48.5 Å². The summed E-state index contributed by atoms with van der Waals surface area (Å²) in [6.07, 6.45) is 2.63. The number of unbranched alkanes of at least 4 members (excludes halogenated alkanes) is 2. The molecule has 6 heteroatoms. The largest absolute Gasteiger partial charge is 0.396 e. The molecule has 0 fully saturated rings. The lowest BCUT2D eigenvalue weighted by molar-refractivity contribution is -0.114. The normalized spacial score (nSPS) is 17.7. The van der Waals surface area contributed by atoms with Crippen molar-refractivity contribution >= 4 is 34.3 Å². The molecule has 2 aromatic rings. The molecule has 0 radical (unpaired) electrons. The highest BCUT2D eigenvalue weighted by molar-refractivity contribution is 6.49. The summed E-state index contributed by atoms with van der Waals surface area (Å²) in [4.78, 5) is 30.4. The van der Waals surface area contributed by atoms with E-state index in [9.17, 15) is 9.59 Å². The molecule has 0 aliphatic carbocycles. The summed E-state index contributed by atoms with van der Waals surface area (Å²) >= 11 is 0. The summed E-state index contributed by atoms with van der Waals surface area (Å²) in [5.41, 5.74) is 4.09. The second-order valence-corrected chi connectivity index (χ2v) is 7.56. The lowest BCUT2D eigenvalue weighted by atomic mass is 9.96. The van der Waals surface area contributed by atoms with Crippen LogP contribution >= 0.6 is 0 Å². The standard InChI is InChI=1S/C24H26N2O4/c27-15-7-5-13-25-19-11-3-1-9-17(19)21(23(25)29)22-18-10-2-4-12-20(18)26(24(22)30)14-6-8-16-28/h1-4,9-12,27-28H,5-8,13-16H2/b22-21+. The monoisotopic (exact) mass is 406 g/mol. The number of fused-ring (bicyclic) bond motifs is 2. The average molecular weight is 406 g/mol. The first-order valence-corrected chi connectivity index (χ1v) is 10.5. The zero-order valence-corrected chi connectivity index (χ0v) is 16.9. The Morgan fingerprint density at radius 1 is 0.600 bits per heavy atom. The molecule has 156 valence electrons. The van der Waals surface area contributed by atoms with Crippen molar-refractivity contribution in [3.05, 3.63) is 59.7 Å². The fraction of sp³-hybridized carbons (Fsp3) is 0.333. The van der Waals surface area contributed by atoms with Crippen LogP contribution in [0.3, 0.4) is 0 Å². The summed E-state index contributed by atoms with van der Waals surface area (Å²) in [7, 11) is 0. The van der Waals surface area contributed by atoms with Crippen LogP contribution in [0.4, 0.5) is 11.4 Å². The second kappa shape index (κ2) is 8.81. The van der Waals surface area contributed by atoms with Crippen molar-refractivity contribution in [2.75, 3.05) is 36.1 Å². The van der Waals surface area contributed by atoms with Gasteiger partial charge in [0, 0.05) is 37.4 Å². The number of anilines is 2. The zero-order chi connectivity index (χ0) is 21.1. The van der Waals surface area contributed by atoms with Crippen molar-refractivity contribution in [2.45, 2.75) is 25.7 Å². The van der Waals surface area contributed by atoms with E-state index in [4.69, 9.17) is 10.2 Å². The highest BCUT2D eigenvalue weighted by Gasteiger charge is 2.41. The fourth-order valence-corrected chi connectivity index (χ4v) is 4.25. The predicted molar refractivity (Wildman–Crippen MR) is 117 cm³/mol. The maximum absolute atomic E-state index is 13.5. The minimum Gasteiger partial charge on any atom is -0.396 e. The molecule has 2 aliphatic rings.